The molecule has 5 nitrogen and oxygen atoms in total. The molecule has 23 heavy (non-hydrogen) atoms. The van der Waals surface area contributed by atoms with Crippen LogP contribution in [0, 0.1) is 0 Å². The molecule has 1 aliphatic carbocycles. The first-order valence-electron chi connectivity index (χ1n) is 7.74. The summed E-state index contributed by atoms with van der Waals surface area (Å²) in [5, 5.41) is 5.12. The largest absolute Gasteiger partial charge is 0.378 e. The minimum Gasteiger partial charge on any atom is -0.378 e. The van der Waals surface area contributed by atoms with Gasteiger partial charge in [-0.2, -0.15) is 0 Å². The number of fused-ring (bicyclic) bond motifs is 2. The highest BCUT2D eigenvalue weighted by molar-refractivity contribution is 6.25. The molecule has 0 spiro atoms. The first-order valence-corrected chi connectivity index (χ1v) is 7.74. The van der Waals surface area contributed by atoms with Crippen LogP contribution in [0.5, 0.6) is 0 Å². The highest BCUT2D eigenvalue weighted by Gasteiger charge is 2.30. The molecule has 1 aromatic heterocycles. The third-order valence-corrected chi connectivity index (χ3v) is 4.62. The van der Waals surface area contributed by atoms with Gasteiger partial charge < -0.3 is 14.2 Å². The quantitative estimate of drug-likeness (QED) is 0.541. The van der Waals surface area contributed by atoms with E-state index in [9.17, 15) is 4.79 Å². The predicted molar refractivity (Wildman–Crippen MR) is 85.9 cm³/mol. The predicted octanol–water partition coefficient (Wildman–Crippen LogP) is 2.88. The molecule has 1 saturated heterocycles. The van der Waals surface area contributed by atoms with Crippen molar-refractivity contribution in [1.29, 1.82) is 0 Å². The normalized spacial score (nSPS) is 16.7. The van der Waals surface area contributed by atoms with Gasteiger partial charge in [0.05, 0.1) is 24.3 Å². The number of carbonyl (C=O) groups excluding carboxylic acids is 1. The standard InChI is InChI=1S/C18H14N2O3/c21-17-11-3-1-2-4-12(11)18-15-13(17)5-6-14(16(15)19-23-18)20-7-9-22-10-8-20/h1-6H,7-10H2. The molecule has 0 amide bonds. The molecule has 2 aliphatic rings. The van der Waals surface area contributed by atoms with Crippen LogP contribution in [-0.2, 0) is 4.74 Å². The number of aromatic nitrogens is 1. The summed E-state index contributed by atoms with van der Waals surface area (Å²) in [7, 11) is 0. The topological polar surface area (TPSA) is 55.6 Å². The van der Waals surface area contributed by atoms with Gasteiger partial charge in [0.2, 0.25) is 0 Å². The molecule has 0 radical (unpaired) electrons. The zero-order valence-electron chi connectivity index (χ0n) is 12.4. The van der Waals surface area contributed by atoms with Crippen LogP contribution in [0.1, 0.15) is 15.9 Å². The molecule has 0 atom stereocenters. The van der Waals surface area contributed by atoms with Gasteiger partial charge in [0.15, 0.2) is 11.5 Å². The summed E-state index contributed by atoms with van der Waals surface area (Å²) in [4.78, 5) is 15.0. The third kappa shape index (κ3) is 1.71. The maximum atomic E-state index is 12.8. The molecule has 0 N–H and O–H groups in total. The van der Waals surface area contributed by atoms with Crippen molar-refractivity contribution in [2.75, 3.05) is 31.2 Å². The Morgan fingerprint density at radius 2 is 1.74 bits per heavy atom. The van der Waals surface area contributed by atoms with Crippen molar-refractivity contribution in [2.24, 2.45) is 0 Å². The van der Waals surface area contributed by atoms with Crippen LogP contribution in [0.2, 0.25) is 0 Å². The highest BCUT2D eigenvalue weighted by Crippen LogP contribution is 2.42. The van der Waals surface area contributed by atoms with E-state index in [1.807, 2.05) is 36.4 Å². The Kier molecular flexibility index (Phi) is 2.60. The number of anilines is 1. The second-order valence-electron chi connectivity index (χ2n) is 5.84. The molecule has 5 rings (SSSR count). The SMILES string of the molecule is O=C1c2ccccc2-c2onc3c(N4CCOCC4)ccc1c23. The van der Waals surface area contributed by atoms with Crippen molar-refractivity contribution in [3.05, 3.63) is 47.5 Å². The number of hydrogen-bond donors (Lipinski definition) is 0. The smallest absolute Gasteiger partial charge is 0.194 e. The first-order chi connectivity index (χ1) is 11.3. The van der Waals surface area contributed by atoms with Crippen molar-refractivity contribution in [1.82, 2.24) is 5.16 Å². The maximum Gasteiger partial charge on any atom is 0.194 e. The number of hydrogen-bond acceptors (Lipinski definition) is 5. The van der Waals surface area contributed by atoms with E-state index in [1.165, 1.54) is 0 Å². The van der Waals surface area contributed by atoms with Gasteiger partial charge in [0.1, 0.15) is 5.52 Å². The van der Waals surface area contributed by atoms with Crippen LogP contribution in [0.3, 0.4) is 0 Å². The molecule has 0 bridgehead atoms. The van der Waals surface area contributed by atoms with Crippen molar-refractivity contribution < 1.29 is 14.1 Å². The van der Waals surface area contributed by atoms with E-state index < -0.39 is 0 Å². The van der Waals surface area contributed by atoms with E-state index >= 15 is 0 Å². The van der Waals surface area contributed by atoms with Crippen LogP contribution < -0.4 is 4.90 Å². The van der Waals surface area contributed by atoms with E-state index in [1.54, 1.807) is 0 Å². The number of benzene rings is 2. The Hall–Kier alpha value is -2.66. The molecular formula is C18H14N2O3. The van der Waals surface area contributed by atoms with Crippen LogP contribution in [0.15, 0.2) is 40.9 Å². The number of morpholine rings is 1. The summed E-state index contributed by atoms with van der Waals surface area (Å²) in [6, 6.07) is 11.4. The van der Waals surface area contributed by atoms with E-state index in [4.69, 9.17) is 9.26 Å². The first kappa shape index (κ1) is 12.8. The minimum atomic E-state index is 0.0369. The molecule has 2 heterocycles. The summed E-state index contributed by atoms with van der Waals surface area (Å²) in [5.41, 5.74) is 3.95. The number of ketones is 1. The number of ether oxygens (including phenoxy) is 1. The molecule has 3 aromatic rings. The van der Waals surface area contributed by atoms with Gasteiger partial charge in [0.25, 0.3) is 0 Å². The van der Waals surface area contributed by atoms with Gasteiger partial charge >= 0.3 is 0 Å². The average Bonchev–Trinajstić information content (AvgIpc) is 3.06. The van der Waals surface area contributed by atoms with E-state index in [2.05, 4.69) is 10.1 Å². The average molecular weight is 306 g/mol. The van der Waals surface area contributed by atoms with Gasteiger partial charge in [-0.15, -0.1) is 0 Å². The molecule has 5 heteroatoms. The minimum absolute atomic E-state index is 0.0369. The Labute approximate surface area is 132 Å². The lowest BCUT2D eigenvalue weighted by molar-refractivity contribution is 0.103. The zero-order valence-corrected chi connectivity index (χ0v) is 12.4. The Morgan fingerprint density at radius 1 is 0.957 bits per heavy atom. The van der Waals surface area contributed by atoms with Crippen LogP contribution >= 0.6 is 0 Å². The van der Waals surface area contributed by atoms with Gasteiger partial charge in [-0.25, -0.2) is 0 Å². The second kappa shape index (κ2) is 4.67. The van der Waals surface area contributed by atoms with E-state index in [-0.39, 0.29) is 5.78 Å². The summed E-state index contributed by atoms with van der Waals surface area (Å²) in [6.45, 7) is 3.05. The molecule has 0 saturated carbocycles. The fraction of sp³-hybridized carbons (Fsp3) is 0.222. The van der Waals surface area contributed by atoms with Gasteiger partial charge in [-0.3, -0.25) is 4.79 Å². The molecule has 1 fully saturated rings. The lowest BCUT2D eigenvalue weighted by Crippen LogP contribution is -2.36. The lowest BCUT2D eigenvalue weighted by Gasteiger charge is -2.29. The third-order valence-electron chi connectivity index (χ3n) is 4.62. The number of nitrogens with zero attached hydrogens (tertiary/aromatic N) is 2. The monoisotopic (exact) mass is 306 g/mol. The number of rotatable bonds is 1. The maximum absolute atomic E-state index is 12.8. The summed E-state index contributed by atoms with van der Waals surface area (Å²) < 4.78 is 11.1. The summed E-state index contributed by atoms with van der Waals surface area (Å²) >= 11 is 0. The Bertz CT molecular complexity index is 939. The van der Waals surface area contributed by atoms with E-state index in [0.717, 1.165) is 35.2 Å². The molecule has 2 aromatic carbocycles. The summed E-state index contributed by atoms with van der Waals surface area (Å²) in [6.07, 6.45) is 0. The van der Waals surface area contributed by atoms with Crippen molar-refractivity contribution in [3.8, 4) is 11.3 Å². The Morgan fingerprint density at radius 3 is 2.57 bits per heavy atom. The second-order valence-corrected chi connectivity index (χ2v) is 5.84. The molecular weight excluding hydrogens is 292 g/mol. The van der Waals surface area contributed by atoms with Crippen molar-refractivity contribution in [2.45, 2.75) is 0 Å². The van der Waals surface area contributed by atoms with Crippen molar-refractivity contribution >= 4 is 22.4 Å². The van der Waals surface area contributed by atoms with Crippen LogP contribution in [-0.4, -0.2) is 37.2 Å². The zero-order chi connectivity index (χ0) is 15.4. The van der Waals surface area contributed by atoms with E-state index in [0.29, 0.717) is 30.1 Å². The van der Waals surface area contributed by atoms with Crippen LogP contribution in [0.4, 0.5) is 5.69 Å². The fourth-order valence-electron chi connectivity index (χ4n) is 3.50. The highest BCUT2D eigenvalue weighted by atomic mass is 16.5. The molecule has 114 valence electrons. The fourth-order valence-corrected chi connectivity index (χ4v) is 3.50. The summed E-state index contributed by atoms with van der Waals surface area (Å²) in [5.74, 6) is 0.732. The van der Waals surface area contributed by atoms with Gasteiger partial charge in [-0.05, 0) is 12.1 Å². The molecule has 0 unspecified atom stereocenters. The molecule has 1 aliphatic heterocycles. The number of carbonyl (C=O) groups is 1. The lowest BCUT2D eigenvalue weighted by atomic mass is 9.87. The Balaban J connectivity index is 1.78. The van der Waals surface area contributed by atoms with Gasteiger partial charge in [0, 0.05) is 29.8 Å². The van der Waals surface area contributed by atoms with Gasteiger partial charge in [-0.1, -0.05) is 29.4 Å². The van der Waals surface area contributed by atoms with Crippen molar-refractivity contribution in [3.63, 3.8) is 0 Å². The van der Waals surface area contributed by atoms with Crippen LogP contribution in [0.25, 0.3) is 22.2 Å².